The lowest BCUT2D eigenvalue weighted by molar-refractivity contribution is -0.0498. The molecular formula is C23H25F3N4O5S. The zero-order valence-electron chi connectivity index (χ0n) is 19.9. The summed E-state index contributed by atoms with van der Waals surface area (Å²) in [7, 11) is -3.19. The van der Waals surface area contributed by atoms with Crippen molar-refractivity contribution in [2.45, 2.75) is 51.5 Å². The topological polar surface area (TPSA) is 123 Å². The highest BCUT2D eigenvalue weighted by atomic mass is 32.2. The third-order valence-electron chi connectivity index (χ3n) is 6.11. The fraction of sp³-hybridized carbons (Fsp3) is 0.435. The largest absolute Gasteiger partial charge is 0.435 e. The molecule has 1 aliphatic rings. The Hall–Kier alpha value is -3.19. The predicted octanol–water partition coefficient (Wildman–Crippen LogP) is 3.09. The van der Waals surface area contributed by atoms with Gasteiger partial charge in [-0.1, -0.05) is 0 Å². The Morgan fingerprint density at radius 1 is 1.28 bits per heavy atom. The Labute approximate surface area is 205 Å². The molecule has 1 aliphatic heterocycles. The fourth-order valence-electron chi connectivity index (χ4n) is 4.13. The van der Waals surface area contributed by atoms with Crippen LogP contribution in [0.15, 0.2) is 30.5 Å². The maximum absolute atomic E-state index is 14.8. The molecule has 1 aromatic carbocycles. The number of amides is 1. The smallest absolute Gasteiger partial charge is 0.387 e. The molecule has 13 heteroatoms. The van der Waals surface area contributed by atoms with Gasteiger partial charge in [0.15, 0.2) is 9.84 Å². The van der Waals surface area contributed by atoms with Crippen LogP contribution in [-0.2, 0) is 9.84 Å². The van der Waals surface area contributed by atoms with E-state index in [2.05, 4.69) is 20.1 Å². The van der Waals surface area contributed by atoms with Crippen molar-refractivity contribution in [1.29, 1.82) is 0 Å². The minimum absolute atomic E-state index is 0.00215. The van der Waals surface area contributed by atoms with Gasteiger partial charge in [-0.2, -0.15) is 13.9 Å². The number of pyridine rings is 1. The van der Waals surface area contributed by atoms with Crippen LogP contribution in [0.25, 0.3) is 22.3 Å². The number of nitrogens with one attached hydrogen (secondary N) is 1. The minimum atomic E-state index is -3.19. The van der Waals surface area contributed by atoms with Gasteiger partial charge in [0.2, 0.25) is 0 Å². The van der Waals surface area contributed by atoms with Gasteiger partial charge in [-0.05, 0) is 52.0 Å². The lowest BCUT2D eigenvalue weighted by atomic mass is 10.0. The van der Waals surface area contributed by atoms with Crippen molar-refractivity contribution in [2.75, 3.05) is 11.5 Å². The van der Waals surface area contributed by atoms with Crippen molar-refractivity contribution in [2.24, 2.45) is 0 Å². The summed E-state index contributed by atoms with van der Waals surface area (Å²) in [5.41, 5.74) is -1.82. The number of aromatic nitrogens is 3. The normalized spacial score (nSPS) is 17.6. The van der Waals surface area contributed by atoms with Gasteiger partial charge >= 0.3 is 6.61 Å². The molecule has 0 spiro atoms. The number of rotatable bonds is 7. The number of nitrogens with zero attached hydrogens (tertiary/aromatic N) is 3. The van der Waals surface area contributed by atoms with Crippen molar-refractivity contribution < 1.29 is 36.2 Å². The van der Waals surface area contributed by atoms with Gasteiger partial charge in [-0.3, -0.25) is 14.5 Å². The van der Waals surface area contributed by atoms with Gasteiger partial charge in [-0.15, -0.1) is 0 Å². The van der Waals surface area contributed by atoms with E-state index in [1.807, 2.05) is 0 Å². The molecule has 2 aromatic heterocycles. The van der Waals surface area contributed by atoms with E-state index >= 15 is 0 Å². The molecule has 0 bridgehead atoms. The maximum atomic E-state index is 14.8. The Bertz CT molecular complexity index is 1440. The van der Waals surface area contributed by atoms with Gasteiger partial charge in [0.1, 0.15) is 22.8 Å². The molecule has 0 saturated carbocycles. The van der Waals surface area contributed by atoms with Crippen molar-refractivity contribution in [3.63, 3.8) is 0 Å². The summed E-state index contributed by atoms with van der Waals surface area (Å²) < 4.78 is 69.1. The van der Waals surface area contributed by atoms with Crippen LogP contribution in [0.2, 0.25) is 0 Å². The van der Waals surface area contributed by atoms with Crippen LogP contribution in [-0.4, -0.2) is 63.5 Å². The lowest BCUT2D eigenvalue weighted by Gasteiger charge is -2.38. The first kappa shape index (κ1) is 25.9. The second-order valence-corrected chi connectivity index (χ2v) is 11.8. The quantitative estimate of drug-likeness (QED) is 0.485. The summed E-state index contributed by atoms with van der Waals surface area (Å²) in [6.45, 7) is 3.26. The Morgan fingerprint density at radius 3 is 2.53 bits per heavy atom. The molecule has 1 saturated heterocycles. The highest BCUT2D eigenvalue weighted by Gasteiger charge is 2.45. The summed E-state index contributed by atoms with van der Waals surface area (Å²) >= 11 is 0. The number of hydrogen-bond acceptors (Lipinski definition) is 7. The average Bonchev–Trinajstić information content (AvgIpc) is 3.10. The van der Waals surface area contributed by atoms with Gasteiger partial charge in [-0.25, -0.2) is 12.8 Å². The molecular weight excluding hydrogens is 501 g/mol. The standard InChI is InChI=1S/C23H25F3N4O5S/c1-12(22(2,3)32)30-17-7-13(20(31)28-23(4)10-36(33,34)11-23)9-27-19(17)18(29-30)15-8-14(35-21(25)26)5-6-16(15)24/h5-9,12,21,32H,10-11H2,1-4H3,(H,28,31)/t12-/m1/s1. The molecule has 4 rings (SSSR count). The first-order valence-corrected chi connectivity index (χ1v) is 12.8. The fourth-order valence-corrected chi connectivity index (χ4v) is 6.13. The number of ether oxygens (including phenoxy) is 1. The van der Waals surface area contributed by atoms with Gasteiger partial charge in [0.05, 0.1) is 39.8 Å². The zero-order chi connectivity index (χ0) is 26.6. The van der Waals surface area contributed by atoms with Gasteiger partial charge < -0.3 is 15.2 Å². The van der Waals surface area contributed by atoms with Crippen LogP contribution in [0, 0.1) is 5.82 Å². The summed E-state index contributed by atoms with van der Waals surface area (Å²) in [6, 6.07) is 3.87. The average molecular weight is 527 g/mol. The summed E-state index contributed by atoms with van der Waals surface area (Å²) in [4.78, 5) is 17.2. The Balaban J connectivity index is 1.82. The van der Waals surface area contributed by atoms with Crippen molar-refractivity contribution in [3.05, 3.63) is 41.8 Å². The van der Waals surface area contributed by atoms with Crippen LogP contribution < -0.4 is 10.1 Å². The highest BCUT2D eigenvalue weighted by Crippen LogP contribution is 2.35. The van der Waals surface area contributed by atoms with E-state index in [9.17, 15) is 31.5 Å². The second-order valence-electron chi connectivity index (χ2n) is 9.78. The van der Waals surface area contributed by atoms with E-state index in [4.69, 9.17) is 0 Å². The number of fused-ring (bicyclic) bond motifs is 1. The SMILES string of the molecule is C[C@@H](n1nc(-c2cc(OC(F)F)ccc2F)c2ncc(C(=O)NC3(C)CS(=O)(=O)C3)cc21)C(C)(C)O. The summed E-state index contributed by atoms with van der Waals surface area (Å²) in [6.07, 6.45) is 1.23. The monoisotopic (exact) mass is 526 g/mol. The van der Waals surface area contributed by atoms with E-state index < -0.39 is 45.4 Å². The van der Waals surface area contributed by atoms with E-state index in [0.29, 0.717) is 0 Å². The van der Waals surface area contributed by atoms with E-state index in [1.54, 1.807) is 27.7 Å². The molecule has 0 radical (unpaired) electrons. The van der Waals surface area contributed by atoms with Gasteiger partial charge in [0, 0.05) is 11.8 Å². The number of carbonyl (C=O) groups is 1. The first-order valence-electron chi connectivity index (χ1n) is 11.0. The number of halogens is 3. The lowest BCUT2D eigenvalue weighted by Crippen LogP contribution is -2.63. The number of aliphatic hydroxyl groups is 1. The zero-order valence-corrected chi connectivity index (χ0v) is 20.7. The molecule has 0 aliphatic carbocycles. The Kier molecular flexibility index (Phi) is 6.28. The summed E-state index contributed by atoms with van der Waals surface area (Å²) in [5, 5.41) is 17.7. The molecule has 3 heterocycles. The molecule has 0 unspecified atom stereocenters. The number of hydrogen-bond donors (Lipinski definition) is 2. The number of carbonyl (C=O) groups excluding carboxylic acids is 1. The first-order chi connectivity index (χ1) is 16.6. The molecule has 1 amide bonds. The van der Waals surface area contributed by atoms with Crippen LogP contribution in [0.4, 0.5) is 13.2 Å². The van der Waals surface area contributed by atoms with Crippen molar-refractivity contribution >= 4 is 26.8 Å². The molecule has 9 nitrogen and oxygen atoms in total. The number of alkyl halides is 2. The molecule has 3 aromatic rings. The van der Waals surface area contributed by atoms with E-state index in [0.717, 1.165) is 18.2 Å². The van der Waals surface area contributed by atoms with Crippen LogP contribution in [0.3, 0.4) is 0 Å². The molecule has 194 valence electrons. The molecule has 36 heavy (non-hydrogen) atoms. The van der Waals surface area contributed by atoms with Gasteiger partial charge in [0.25, 0.3) is 5.91 Å². The Morgan fingerprint density at radius 2 is 1.94 bits per heavy atom. The van der Waals surface area contributed by atoms with Crippen molar-refractivity contribution in [1.82, 2.24) is 20.1 Å². The van der Waals surface area contributed by atoms with Crippen molar-refractivity contribution in [3.8, 4) is 17.0 Å². The number of sulfone groups is 1. The predicted molar refractivity (Wildman–Crippen MR) is 125 cm³/mol. The molecule has 1 fully saturated rings. The van der Waals surface area contributed by atoms with Crippen LogP contribution in [0.1, 0.15) is 44.1 Å². The highest BCUT2D eigenvalue weighted by molar-refractivity contribution is 7.93. The maximum Gasteiger partial charge on any atom is 0.387 e. The van der Waals surface area contributed by atoms with E-state index in [-0.39, 0.29) is 45.1 Å². The summed E-state index contributed by atoms with van der Waals surface area (Å²) in [5.74, 6) is -1.97. The third-order valence-corrected chi connectivity index (χ3v) is 8.26. The third kappa shape index (κ3) is 5.03. The molecule has 2 N–H and O–H groups in total. The second kappa shape index (κ2) is 8.73. The minimum Gasteiger partial charge on any atom is -0.435 e. The molecule has 1 atom stereocenters. The van der Waals surface area contributed by atoms with E-state index in [1.165, 1.54) is 16.9 Å². The van der Waals surface area contributed by atoms with Crippen LogP contribution in [0.5, 0.6) is 5.75 Å². The number of benzene rings is 1. The van der Waals surface area contributed by atoms with Crippen LogP contribution >= 0.6 is 0 Å².